The molecule has 0 atom stereocenters. The summed E-state index contributed by atoms with van der Waals surface area (Å²) in [6.45, 7) is -0.0695. The average Bonchev–Trinajstić information content (AvgIpc) is 3.31. The van der Waals surface area contributed by atoms with Crippen LogP contribution in [0.5, 0.6) is 11.5 Å². The van der Waals surface area contributed by atoms with Gasteiger partial charge >= 0.3 is 0 Å². The first-order valence-electron chi connectivity index (χ1n) is 20.3. The summed E-state index contributed by atoms with van der Waals surface area (Å²) in [6, 6.07) is 76.6. The summed E-state index contributed by atoms with van der Waals surface area (Å²) < 4.78 is 6.48. The molecule has 5 heteroatoms. The zero-order valence-corrected chi connectivity index (χ0v) is 32.1. The van der Waals surface area contributed by atoms with Crippen LogP contribution in [0.15, 0.2) is 219 Å². The Morgan fingerprint density at radius 3 is 1.36 bits per heavy atom. The van der Waals surface area contributed by atoms with Crippen molar-refractivity contribution >= 4 is 57.2 Å². The van der Waals surface area contributed by atoms with Crippen molar-refractivity contribution in [1.29, 1.82) is 0 Å². The van der Waals surface area contributed by atoms with Gasteiger partial charge in [-0.3, -0.25) is 4.98 Å². The molecule has 3 aliphatic heterocycles. The molecule has 0 saturated carbocycles. The third kappa shape index (κ3) is 4.82. The van der Waals surface area contributed by atoms with Gasteiger partial charge in [-0.1, -0.05) is 152 Å². The predicted octanol–water partition coefficient (Wildman–Crippen LogP) is 11.3. The molecule has 276 valence electrons. The zero-order chi connectivity index (χ0) is 38.9. The van der Waals surface area contributed by atoms with Crippen LogP contribution in [0.3, 0.4) is 0 Å². The number of para-hydroxylation sites is 8. The molecule has 9 aromatic rings. The zero-order valence-electron chi connectivity index (χ0n) is 32.1. The quantitative estimate of drug-likeness (QED) is 0.167. The highest BCUT2D eigenvalue weighted by Crippen LogP contribution is 2.64. The molecule has 0 saturated heterocycles. The van der Waals surface area contributed by atoms with Gasteiger partial charge in [0.05, 0.1) is 39.5 Å². The van der Waals surface area contributed by atoms with Crippen LogP contribution in [-0.4, -0.2) is 11.7 Å². The van der Waals surface area contributed by atoms with Crippen LogP contribution >= 0.6 is 0 Å². The maximum atomic E-state index is 6.48. The van der Waals surface area contributed by atoms with E-state index in [0.717, 1.165) is 61.9 Å². The Labute approximate surface area is 344 Å². The molecule has 0 unspecified atom stereocenters. The van der Waals surface area contributed by atoms with E-state index in [1.165, 1.54) is 33.6 Å². The summed E-state index contributed by atoms with van der Waals surface area (Å²) in [6.07, 6.45) is 1.92. The SMILES string of the molecule is c1ccc(N2c3ccccc3C3(c4ccccc42)c2ccccc2N(c2ccccc2-c2ncccc2B2c4ccccc4Oc4ccccc42)c2ccccc23)cc1. The van der Waals surface area contributed by atoms with Gasteiger partial charge in [-0.05, 0) is 99.3 Å². The van der Waals surface area contributed by atoms with Crippen molar-refractivity contribution in [3.63, 3.8) is 0 Å². The second-order valence-corrected chi connectivity index (χ2v) is 15.4. The lowest BCUT2D eigenvalue weighted by Crippen LogP contribution is -2.55. The van der Waals surface area contributed by atoms with Gasteiger partial charge in [0.25, 0.3) is 6.71 Å². The van der Waals surface area contributed by atoms with Gasteiger partial charge in [0.1, 0.15) is 11.5 Å². The lowest BCUT2D eigenvalue weighted by atomic mass is 9.35. The van der Waals surface area contributed by atoms with Gasteiger partial charge in [-0.15, -0.1) is 0 Å². The van der Waals surface area contributed by atoms with E-state index >= 15 is 0 Å². The number of hydrogen-bond acceptors (Lipinski definition) is 4. The van der Waals surface area contributed by atoms with Gasteiger partial charge in [0, 0.05) is 17.4 Å². The normalized spacial score (nSPS) is 13.9. The number of anilines is 6. The van der Waals surface area contributed by atoms with Gasteiger partial charge in [-0.25, -0.2) is 0 Å². The monoisotopic (exact) mass is 753 g/mol. The summed E-state index contributed by atoms with van der Waals surface area (Å²) >= 11 is 0. The van der Waals surface area contributed by atoms with Crippen molar-refractivity contribution in [2.45, 2.75) is 5.41 Å². The lowest BCUT2D eigenvalue weighted by Gasteiger charge is -2.51. The smallest absolute Gasteiger partial charge is 0.253 e. The van der Waals surface area contributed by atoms with E-state index < -0.39 is 5.41 Å². The molecule has 1 spiro atoms. The van der Waals surface area contributed by atoms with Crippen LogP contribution in [0.4, 0.5) is 34.1 Å². The minimum Gasteiger partial charge on any atom is -0.458 e. The Morgan fingerprint density at radius 1 is 0.373 bits per heavy atom. The Morgan fingerprint density at radius 2 is 0.797 bits per heavy atom. The van der Waals surface area contributed by atoms with Gasteiger partial charge in [0.2, 0.25) is 0 Å². The number of hydrogen-bond donors (Lipinski definition) is 0. The number of pyridine rings is 1. The molecule has 0 amide bonds. The van der Waals surface area contributed by atoms with Gasteiger partial charge in [0.15, 0.2) is 0 Å². The van der Waals surface area contributed by atoms with E-state index in [9.17, 15) is 0 Å². The van der Waals surface area contributed by atoms with Crippen molar-refractivity contribution in [2.75, 3.05) is 9.80 Å². The summed E-state index contributed by atoms with van der Waals surface area (Å²) in [4.78, 5) is 10.1. The first-order valence-corrected chi connectivity index (χ1v) is 20.3. The number of ether oxygens (including phenoxy) is 1. The molecule has 0 bridgehead atoms. The molecular weight excluding hydrogens is 717 g/mol. The molecule has 0 fully saturated rings. The molecular formula is C54H36BN3O. The fraction of sp³-hybridized carbons (Fsp3) is 0.0185. The molecule has 4 nitrogen and oxygen atoms in total. The van der Waals surface area contributed by atoms with Crippen LogP contribution in [-0.2, 0) is 5.41 Å². The number of benzene rings is 8. The van der Waals surface area contributed by atoms with Crippen molar-refractivity contribution in [3.05, 3.63) is 241 Å². The van der Waals surface area contributed by atoms with Crippen LogP contribution in [0.1, 0.15) is 22.3 Å². The highest BCUT2D eigenvalue weighted by Gasteiger charge is 2.52. The second kappa shape index (κ2) is 13.2. The van der Waals surface area contributed by atoms with E-state index in [2.05, 4.69) is 210 Å². The maximum absolute atomic E-state index is 6.48. The minimum atomic E-state index is -0.608. The molecule has 3 aliphatic rings. The van der Waals surface area contributed by atoms with Crippen molar-refractivity contribution in [1.82, 2.24) is 4.98 Å². The first kappa shape index (κ1) is 33.5. The summed E-state index contributed by atoms with van der Waals surface area (Å²) in [5.74, 6) is 1.75. The summed E-state index contributed by atoms with van der Waals surface area (Å²) in [5, 5.41) is 0. The van der Waals surface area contributed by atoms with E-state index in [4.69, 9.17) is 9.72 Å². The maximum Gasteiger partial charge on any atom is 0.253 e. The molecule has 12 rings (SSSR count). The topological polar surface area (TPSA) is 28.6 Å². The molecule has 59 heavy (non-hydrogen) atoms. The van der Waals surface area contributed by atoms with Crippen molar-refractivity contribution in [3.8, 4) is 22.8 Å². The van der Waals surface area contributed by atoms with Crippen LogP contribution in [0.2, 0.25) is 0 Å². The van der Waals surface area contributed by atoms with E-state index in [1.807, 2.05) is 18.3 Å². The number of nitrogens with zero attached hydrogens (tertiary/aromatic N) is 3. The first-order chi connectivity index (χ1) is 29.3. The van der Waals surface area contributed by atoms with E-state index in [0.29, 0.717) is 0 Å². The summed E-state index contributed by atoms with van der Waals surface area (Å²) in [7, 11) is 0. The molecule has 1 aromatic heterocycles. The minimum absolute atomic E-state index is 0.0695. The predicted molar refractivity (Wildman–Crippen MR) is 242 cm³/mol. The Kier molecular flexibility index (Phi) is 7.51. The lowest BCUT2D eigenvalue weighted by molar-refractivity contribution is 0.487. The van der Waals surface area contributed by atoms with Crippen LogP contribution in [0, 0.1) is 0 Å². The number of aromatic nitrogens is 1. The fourth-order valence-electron chi connectivity index (χ4n) is 10.2. The van der Waals surface area contributed by atoms with E-state index in [-0.39, 0.29) is 6.71 Å². The van der Waals surface area contributed by atoms with Crippen molar-refractivity contribution < 1.29 is 4.74 Å². The standard InChI is InChI=1S/C54H36BN3O/c1-2-19-37(20-3-1)57-47-30-12-5-22-39(47)54(40-23-6-13-31-48(40)57)41-24-7-14-32-49(41)58(50-33-15-8-25-42(50)54)46-29-11-4-21-38(46)53-45(28-18-36-56-53)55-43-26-9-16-34-51(43)59-52-35-17-10-27-44(52)55/h1-36H. The van der Waals surface area contributed by atoms with Crippen LogP contribution in [0.25, 0.3) is 11.3 Å². The Balaban J connectivity index is 1.11. The Bertz CT molecular complexity index is 2950. The molecule has 0 radical (unpaired) electrons. The Hall–Kier alpha value is -7.63. The molecule has 0 aliphatic carbocycles. The third-order valence-corrected chi connectivity index (χ3v) is 12.4. The highest BCUT2D eigenvalue weighted by atomic mass is 16.5. The molecule has 8 aromatic carbocycles. The molecule has 0 N–H and O–H groups in total. The molecule has 4 heterocycles. The highest BCUT2D eigenvalue weighted by molar-refractivity contribution is 6.97. The number of fused-ring (bicyclic) bond motifs is 10. The van der Waals surface area contributed by atoms with Gasteiger partial charge < -0.3 is 14.5 Å². The average molecular weight is 754 g/mol. The number of rotatable bonds is 4. The summed E-state index contributed by atoms with van der Waals surface area (Å²) in [5.41, 5.74) is 16.6. The fourth-order valence-corrected chi connectivity index (χ4v) is 10.2. The van der Waals surface area contributed by atoms with Crippen molar-refractivity contribution in [2.24, 2.45) is 0 Å². The second-order valence-electron chi connectivity index (χ2n) is 15.4. The van der Waals surface area contributed by atoms with E-state index in [1.54, 1.807) is 0 Å². The largest absolute Gasteiger partial charge is 0.458 e. The third-order valence-electron chi connectivity index (χ3n) is 12.4. The van der Waals surface area contributed by atoms with Gasteiger partial charge in [-0.2, -0.15) is 0 Å². The van der Waals surface area contributed by atoms with Crippen LogP contribution < -0.4 is 30.9 Å².